The summed E-state index contributed by atoms with van der Waals surface area (Å²) in [7, 11) is 1.79. The van der Waals surface area contributed by atoms with Gasteiger partial charge in [0.1, 0.15) is 0 Å². The lowest BCUT2D eigenvalue weighted by atomic mass is 10.1. The van der Waals surface area contributed by atoms with Crippen LogP contribution in [0.1, 0.15) is 31.4 Å². The molecule has 18 heavy (non-hydrogen) atoms. The van der Waals surface area contributed by atoms with Gasteiger partial charge in [0.15, 0.2) is 11.6 Å². The number of hydrogen-bond donors (Lipinski definition) is 1. The molecule has 1 aliphatic heterocycles. The first-order chi connectivity index (χ1) is 8.63. The van der Waals surface area contributed by atoms with E-state index in [1.807, 2.05) is 0 Å². The van der Waals surface area contributed by atoms with Crippen molar-refractivity contribution in [1.29, 1.82) is 0 Å². The molecule has 2 unspecified atom stereocenters. The monoisotopic (exact) mass is 254 g/mol. The second-order valence-electron chi connectivity index (χ2n) is 4.97. The summed E-state index contributed by atoms with van der Waals surface area (Å²) >= 11 is 0. The van der Waals surface area contributed by atoms with Crippen LogP contribution in [0.4, 0.5) is 8.78 Å². The fraction of sp³-hybridized carbons (Fsp3) is 0.571. The molecule has 1 aromatic rings. The quantitative estimate of drug-likeness (QED) is 0.888. The van der Waals surface area contributed by atoms with Crippen molar-refractivity contribution in [3.8, 4) is 0 Å². The van der Waals surface area contributed by atoms with Gasteiger partial charge < -0.3 is 5.32 Å². The standard InChI is InChI=1S/C14H20F2N2/c1-10-5-4-8-18(10)9-13(17-2)11-6-3-7-12(15)14(11)16/h3,6-7,10,13,17H,4-5,8-9H2,1-2H3. The van der Waals surface area contributed by atoms with Gasteiger partial charge in [-0.05, 0) is 39.4 Å². The predicted octanol–water partition coefficient (Wildman–Crippen LogP) is 2.71. The van der Waals surface area contributed by atoms with Crippen molar-refractivity contribution in [3.63, 3.8) is 0 Å². The Kier molecular flexibility index (Phi) is 4.30. The molecule has 1 N–H and O–H groups in total. The van der Waals surface area contributed by atoms with Crippen LogP contribution in [0.5, 0.6) is 0 Å². The van der Waals surface area contributed by atoms with E-state index in [0.717, 1.165) is 19.2 Å². The van der Waals surface area contributed by atoms with E-state index in [2.05, 4.69) is 17.1 Å². The molecule has 2 nitrogen and oxygen atoms in total. The van der Waals surface area contributed by atoms with Crippen LogP contribution in [-0.2, 0) is 0 Å². The van der Waals surface area contributed by atoms with E-state index >= 15 is 0 Å². The number of nitrogens with zero attached hydrogens (tertiary/aromatic N) is 1. The Bertz CT molecular complexity index is 409. The molecule has 1 aliphatic rings. The molecule has 0 spiro atoms. The van der Waals surface area contributed by atoms with Crippen molar-refractivity contribution in [1.82, 2.24) is 10.2 Å². The first-order valence-electron chi connectivity index (χ1n) is 6.48. The number of likely N-dealkylation sites (tertiary alicyclic amines) is 1. The summed E-state index contributed by atoms with van der Waals surface area (Å²) in [5.41, 5.74) is 0.414. The maximum Gasteiger partial charge on any atom is 0.163 e. The number of rotatable bonds is 4. The Labute approximate surface area is 107 Å². The Morgan fingerprint density at radius 2 is 2.22 bits per heavy atom. The van der Waals surface area contributed by atoms with Crippen LogP contribution in [0, 0.1) is 11.6 Å². The maximum absolute atomic E-state index is 13.8. The number of nitrogens with one attached hydrogen (secondary N) is 1. The molecule has 1 fully saturated rings. The molecule has 0 saturated carbocycles. The van der Waals surface area contributed by atoms with Gasteiger partial charge in [-0.3, -0.25) is 4.90 Å². The van der Waals surface area contributed by atoms with Crippen LogP contribution in [0.25, 0.3) is 0 Å². The molecule has 0 bridgehead atoms. The van der Waals surface area contributed by atoms with Crippen molar-refractivity contribution in [2.75, 3.05) is 20.1 Å². The highest BCUT2D eigenvalue weighted by Gasteiger charge is 2.25. The smallest absolute Gasteiger partial charge is 0.163 e. The molecule has 0 aliphatic carbocycles. The van der Waals surface area contributed by atoms with Gasteiger partial charge in [0, 0.05) is 24.2 Å². The largest absolute Gasteiger partial charge is 0.312 e. The van der Waals surface area contributed by atoms with Crippen LogP contribution in [-0.4, -0.2) is 31.1 Å². The zero-order valence-corrected chi connectivity index (χ0v) is 10.9. The van der Waals surface area contributed by atoms with Gasteiger partial charge in [0.2, 0.25) is 0 Å². The first-order valence-corrected chi connectivity index (χ1v) is 6.48. The van der Waals surface area contributed by atoms with Crippen molar-refractivity contribution in [3.05, 3.63) is 35.4 Å². The third-order valence-corrected chi connectivity index (χ3v) is 3.81. The van der Waals surface area contributed by atoms with Gasteiger partial charge in [0.05, 0.1) is 0 Å². The summed E-state index contributed by atoms with van der Waals surface area (Å²) in [4.78, 5) is 2.32. The van der Waals surface area contributed by atoms with Crippen LogP contribution in [0.2, 0.25) is 0 Å². The van der Waals surface area contributed by atoms with E-state index in [1.54, 1.807) is 19.2 Å². The van der Waals surface area contributed by atoms with E-state index in [4.69, 9.17) is 0 Å². The zero-order valence-electron chi connectivity index (χ0n) is 10.9. The fourth-order valence-electron chi connectivity index (χ4n) is 2.63. The second-order valence-corrected chi connectivity index (χ2v) is 4.97. The van der Waals surface area contributed by atoms with Crippen LogP contribution in [0.3, 0.4) is 0 Å². The number of likely N-dealkylation sites (N-methyl/N-ethyl adjacent to an activating group) is 1. The molecule has 0 amide bonds. The Balaban J connectivity index is 2.15. The van der Waals surface area contributed by atoms with E-state index in [-0.39, 0.29) is 6.04 Å². The fourth-order valence-corrected chi connectivity index (χ4v) is 2.63. The molecular formula is C14H20F2N2. The summed E-state index contributed by atoms with van der Waals surface area (Å²) in [5.74, 6) is -1.51. The van der Waals surface area contributed by atoms with E-state index in [9.17, 15) is 8.78 Å². The summed E-state index contributed by atoms with van der Waals surface area (Å²) in [6.45, 7) is 3.94. The lowest BCUT2D eigenvalue weighted by Gasteiger charge is -2.27. The Morgan fingerprint density at radius 1 is 1.44 bits per heavy atom. The van der Waals surface area contributed by atoms with Gasteiger partial charge >= 0.3 is 0 Å². The highest BCUT2D eigenvalue weighted by molar-refractivity contribution is 5.23. The molecule has 1 saturated heterocycles. The molecule has 1 aromatic carbocycles. The van der Waals surface area contributed by atoms with E-state index < -0.39 is 11.6 Å². The van der Waals surface area contributed by atoms with Gasteiger partial charge in [-0.1, -0.05) is 12.1 Å². The van der Waals surface area contributed by atoms with E-state index in [0.29, 0.717) is 11.6 Å². The number of benzene rings is 1. The van der Waals surface area contributed by atoms with E-state index in [1.165, 1.54) is 12.8 Å². The Hall–Kier alpha value is -1.00. The number of halogens is 2. The van der Waals surface area contributed by atoms with Gasteiger partial charge in [0.25, 0.3) is 0 Å². The molecule has 1 heterocycles. The lowest BCUT2D eigenvalue weighted by Crippen LogP contribution is -2.36. The minimum atomic E-state index is -0.776. The molecule has 100 valence electrons. The minimum absolute atomic E-state index is 0.166. The van der Waals surface area contributed by atoms with Crippen LogP contribution in [0.15, 0.2) is 18.2 Å². The normalized spacial score (nSPS) is 22.3. The topological polar surface area (TPSA) is 15.3 Å². The Morgan fingerprint density at radius 3 is 2.83 bits per heavy atom. The summed E-state index contributed by atoms with van der Waals surface area (Å²) < 4.78 is 27.0. The lowest BCUT2D eigenvalue weighted by molar-refractivity contribution is 0.239. The molecule has 4 heteroatoms. The van der Waals surface area contributed by atoms with Crippen molar-refractivity contribution in [2.24, 2.45) is 0 Å². The number of hydrogen-bond acceptors (Lipinski definition) is 2. The highest BCUT2D eigenvalue weighted by atomic mass is 19.2. The van der Waals surface area contributed by atoms with Crippen molar-refractivity contribution >= 4 is 0 Å². The molecular weight excluding hydrogens is 234 g/mol. The van der Waals surface area contributed by atoms with Crippen LogP contribution < -0.4 is 5.32 Å². The highest BCUT2D eigenvalue weighted by Crippen LogP contribution is 2.24. The molecule has 0 aromatic heterocycles. The summed E-state index contributed by atoms with van der Waals surface area (Å²) in [6.07, 6.45) is 2.37. The van der Waals surface area contributed by atoms with Gasteiger partial charge in [-0.2, -0.15) is 0 Å². The molecule has 2 atom stereocenters. The SMILES string of the molecule is CNC(CN1CCCC1C)c1cccc(F)c1F. The average molecular weight is 254 g/mol. The second kappa shape index (κ2) is 5.76. The molecule has 0 radical (unpaired) electrons. The average Bonchev–Trinajstić information content (AvgIpc) is 2.76. The third-order valence-electron chi connectivity index (χ3n) is 3.81. The molecule has 2 rings (SSSR count). The predicted molar refractivity (Wildman–Crippen MR) is 68.4 cm³/mol. The zero-order chi connectivity index (χ0) is 13.1. The maximum atomic E-state index is 13.8. The minimum Gasteiger partial charge on any atom is -0.312 e. The summed E-state index contributed by atoms with van der Waals surface area (Å²) in [5, 5.41) is 3.09. The summed E-state index contributed by atoms with van der Waals surface area (Å²) in [6, 6.07) is 4.73. The van der Waals surface area contributed by atoms with Crippen molar-refractivity contribution < 1.29 is 8.78 Å². The first kappa shape index (κ1) is 13.4. The van der Waals surface area contributed by atoms with Crippen LogP contribution >= 0.6 is 0 Å². The van der Waals surface area contributed by atoms with Gasteiger partial charge in [-0.25, -0.2) is 8.78 Å². The van der Waals surface area contributed by atoms with Crippen molar-refractivity contribution in [2.45, 2.75) is 31.8 Å². The third kappa shape index (κ3) is 2.70. The van der Waals surface area contributed by atoms with Gasteiger partial charge in [-0.15, -0.1) is 0 Å².